The second-order valence-corrected chi connectivity index (χ2v) is 8.40. The Balaban J connectivity index is 0.000000392. The van der Waals surface area contributed by atoms with Gasteiger partial charge in [-0.1, -0.05) is 30.3 Å². The first-order valence-electron chi connectivity index (χ1n) is 11.7. The number of aliphatic hydroxyl groups excluding tert-OH is 1. The first-order chi connectivity index (χ1) is 17.3. The van der Waals surface area contributed by atoms with Crippen LogP contribution in [0.4, 0.5) is 10.1 Å². The number of fused-ring (bicyclic) bond motifs is 1. The first-order valence-corrected chi connectivity index (χ1v) is 11.7. The summed E-state index contributed by atoms with van der Waals surface area (Å²) in [5.74, 6) is -2.78. The molecule has 0 spiro atoms. The molecule has 8 nitrogen and oxygen atoms in total. The van der Waals surface area contributed by atoms with Crippen molar-refractivity contribution >= 4 is 28.5 Å². The first kappa shape index (κ1) is 26.8. The fourth-order valence-electron chi connectivity index (χ4n) is 4.06. The van der Waals surface area contributed by atoms with Gasteiger partial charge in [0, 0.05) is 49.9 Å². The fraction of sp³-hybridized carbons (Fsp3) is 0.296. The van der Waals surface area contributed by atoms with Gasteiger partial charge in [-0.15, -0.1) is 0 Å². The zero-order valence-electron chi connectivity index (χ0n) is 19.8. The van der Waals surface area contributed by atoms with Crippen LogP contribution in [0.1, 0.15) is 24.5 Å². The average Bonchev–Trinajstić information content (AvgIpc) is 2.88. The quantitative estimate of drug-likeness (QED) is 0.405. The molecule has 1 aliphatic rings. The highest BCUT2D eigenvalue weighted by Gasteiger charge is 2.19. The van der Waals surface area contributed by atoms with E-state index in [0.29, 0.717) is 18.6 Å². The molecule has 1 atom stereocenters. The van der Waals surface area contributed by atoms with Crippen LogP contribution < -0.4 is 4.90 Å². The van der Waals surface area contributed by atoms with Crippen LogP contribution in [0.5, 0.6) is 0 Å². The van der Waals surface area contributed by atoms with Gasteiger partial charge in [0.15, 0.2) is 0 Å². The molecule has 9 heteroatoms. The molecule has 3 N–H and O–H groups in total. The second-order valence-electron chi connectivity index (χ2n) is 8.40. The van der Waals surface area contributed by atoms with Crippen LogP contribution >= 0.6 is 0 Å². The summed E-state index contributed by atoms with van der Waals surface area (Å²) in [4.78, 5) is 28.5. The number of nitrogens with zero attached hydrogens (tertiary/aromatic N) is 3. The molecular formula is C27H30FN3O5. The Morgan fingerprint density at radius 3 is 2.22 bits per heavy atom. The molecule has 0 aliphatic carbocycles. The maximum Gasteiger partial charge on any atom is 0.328 e. The van der Waals surface area contributed by atoms with Crippen molar-refractivity contribution in [1.29, 1.82) is 0 Å². The van der Waals surface area contributed by atoms with Gasteiger partial charge in [-0.25, -0.2) is 14.0 Å². The van der Waals surface area contributed by atoms with Crippen LogP contribution in [-0.2, 0) is 9.59 Å². The number of carboxylic acids is 2. The van der Waals surface area contributed by atoms with Crippen molar-refractivity contribution in [2.24, 2.45) is 0 Å². The van der Waals surface area contributed by atoms with E-state index >= 15 is 0 Å². The fourth-order valence-corrected chi connectivity index (χ4v) is 4.06. The number of aliphatic hydroxyl groups is 1. The third-order valence-corrected chi connectivity index (χ3v) is 5.90. The molecule has 0 saturated carbocycles. The normalized spacial score (nSPS) is 14.9. The van der Waals surface area contributed by atoms with E-state index < -0.39 is 18.0 Å². The van der Waals surface area contributed by atoms with Gasteiger partial charge in [0.25, 0.3) is 0 Å². The summed E-state index contributed by atoms with van der Waals surface area (Å²) in [5.41, 5.74) is 3.07. The molecule has 36 heavy (non-hydrogen) atoms. The molecule has 2 aromatic carbocycles. The number of rotatable bonds is 8. The summed E-state index contributed by atoms with van der Waals surface area (Å²) >= 11 is 0. The Bertz CT molecular complexity index is 1160. The number of carbonyl (C=O) groups is 2. The van der Waals surface area contributed by atoms with Gasteiger partial charge in [0.1, 0.15) is 5.82 Å². The number of aromatic nitrogens is 1. The van der Waals surface area contributed by atoms with Crippen molar-refractivity contribution in [3.63, 3.8) is 0 Å². The molecular weight excluding hydrogens is 465 g/mol. The average molecular weight is 496 g/mol. The Morgan fingerprint density at radius 2 is 1.58 bits per heavy atom. The van der Waals surface area contributed by atoms with Crippen molar-refractivity contribution in [3.8, 4) is 0 Å². The molecule has 1 aromatic heterocycles. The van der Waals surface area contributed by atoms with Gasteiger partial charge in [-0.3, -0.25) is 9.88 Å². The number of piperazine rings is 1. The van der Waals surface area contributed by atoms with Crippen molar-refractivity contribution in [1.82, 2.24) is 9.88 Å². The number of carboxylic acid groups (broad SMARTS) is 2. The minimum absolute atomic E-state index is 0.268. The number of benzene rings is 2. The molecule has 1 aliphatic heterocycles. The largest absolute Gasteiger partial charge is 0.478 e. The van der Waals surface area contributed by atoms with E-state index in [1.807, 2.05) is 12.3 Å². The summed E-state index contributed by atoms with van der Waals surface area (Å²) in [6.45, 7) is 4.96. The van der Waals surface area contributed by atoms with E-state index in [9.17, 15) is 19.1 Å². The molecule has 3 aromatic rings. The molecule has 0 amide bonds. The van der Waals surface area contributed by atoms with Crippen molar-refractivity contribution in [2.75, 3.05) is 37.6 Å². The molecule has 2 heterocycles. The maximum atomic E-state index is 13.0. The molecule has 0 bridgehead atoms. The Labute approximate surface area is 208 Å². The number of anilines is 1. The van der Waals surface area contributed by atoms with Crippen LogP contribution in [0, 0.1) is 5.82 Å². The zero-order valence-corrected chi connectivity index (χ0v) is 19.8. The minimum atomic E-state index is -1.26. The SMILES string of the molecule is O=C(O)C=CC(=O)O.OC(CCCN1CCN(c2cccc3cccnc23)CC1)c1ccc(F)cc1. The molecule has 1 fully saturated rings. The Morgan fingerprint density at radius 1 is 0.944 bits per heavy atom. The Hall–Kier alpha value is -3.82. The van der Waals surface area contributed by atoms with E-state index in [1.54, 1.807) is 12.1 Å². The topological polar surface area (TPSA) is 114 Å². The predicted octanol–water partition coefficient (Wildman–Crippen LogP) is 3.72. The monoisotopic (exact) mass is 495 g/mol. The van der Waals surface area contributed by atoms with E-state index in [0.717, 1.165) is 50.2 Å². The van der Waals surface area contributed by atoms with Crippen LogP contribution in [0.2, 0.25) is 0 Å². The van der Waals surface area contributed by atoms with Crippen LogP contribution in [-0.4, -0.2) is 69.9 Å². The van der Waals surface area contributed by atoms with E-state index in [-0.39, 0.29) is 5.82 Å². The second kappa shape index (κ2) is 13.3. The lowest BCUT2D eigenvalue weighted by atomic mass is 10.0. The summed E-state index contributed by atoms with van der Waals surface area (Å²) in [7, 11) is 0. The lowest BCUT2D eigenvalue weighted by Gasteiger charge is -2.36. The number of hydrogen-bond acceptors (Lipinski definition) is 6. The van der Waals surface area contributed by atoms with E-state index in [2.05, 4.69) is 39.0 Å². The van der Waals surface area contributed by atoms with Crippen LogP contribution in [0.3, 0.4) is 0 Å². The summed E-state index contributed by atoms with van der Waals surface area (Å²) < 4.78 is 13.0. The van der Waals surface area contributed by atoms with Gasteiger partial charge in [-0.05, 0) is 49.2 Å². The van der Waals surface area contributed by atoms with E-state index in [4.69, 9.17) is 10.2 Å². The molecule has 1 saturated heterocycles. The van der Waals surface area contributed by atoms with Crippen LogP contribution in [0.25, 0.3) is 10.9 Å². The zero-order chi connectivity index (χ0) is 25.9. The lowest BCUT2D eigenvalue weighted by Crippen LogP contribution is -2.46. The number of pyridine rings is 1. The third-order valence-electron chi connectivity index (χ3n) is 5.90. The van der Waals surface area contributed by atoms with Gasteiger partial charge in [0.05, 0.1) is 17.3 Å². The van der Waals surface area contributed by atoms with E-state index in [1.165, 1.54) is 23.2 Å². The number of para-hydroxylation sites is 1. The molecule has 4 rings (SSSR count). The van der Waals surface area contributed by atoms with Crippen molar-refractivity contribution < 1.29 is 29.3 Å². The standard InChI is InChI=1S/C23H26FN3O.C4H4O4/c24-20-10-8-18(9-11-20)22(28)7-3-13-26-14-16-27(17-15-26)21-6-1-4-19-5-2-12-25-23(19)21;5-3(6)1-2-4(7)8/h1-2,4-6,8-12,22,28H,3,7,13-17H2;1-2H,(H,5,6)(H,7,8). The third kappa shape index (κ3) is 8.14. The van der Waals surface area contributed by atoms with Crippen LogP contribution in [0.15, 0.2) is 72.9 Å². The minimum Gasteiger partial charge on any atom is -0.478 e. The Kier molecular flexibility index (Phi) is 9.91. The number of halogens is 1. The molecule has 0 radical (unpaired) electrons. The summed E-state index contributed by atoms with van der Waals surface area (Å²) in [6, 6.07) is 16.6. The van der Waals surface area contributed by atoms with Gasteiger partial charge < -0.3 is 20.2 Å². The maximum absolute atomic E-state index is 13.0. The smallest absolute Gasteiger partial charge is 0.328 e. The van der Waals surface area contributed by atoms with Gasteiger partial charge in [0.2, 0.25) is 0 Å². The number of hydrogen-bond donors (Lipinski definition) is 3. The molecule has 190 valence electrons. The van der Waals surface area contributed by atoms with Crippen molar-refractivity contribution in [3.05, 3.63) is 84.3 Å². The summed E-state index contributed by atoms with van der Waals surface area (Å²) in [5, 5.41) is 27.1. The highest BCUT2D eigenvalue weighted by molar-refractivity contribution is 5.91. The molecule has 1 unspecified atom stereocenters. The lowest BCUT2D eigenvalue weighted by molar-refractivity contribution is -0.134. The summed E-state index contributed by atoms with van der Waals surface area (Å²) in [6.07, 6.45) is 4.07. The highest BCUT2D eigenvalue weighted by Crippen LogP contribution is 2.26. The van der Waals surface area contributed by atoms with Gasteiger partial charge in [-0.2, -0.15) is 0 Å². The number of aliphatic carboxylic acids is 2. The highest BCUT2D eigenvalue weighted by atomic mass is 19.1. The van der Waals surface area contributed by atoms with Gasteiger partial charge >= 0.3 is 11.9 Å². The predicted molar refractivity (Wildman–Crippen MR) is 135 cm³/mol. The van der Waals surface area contributed by atoms with Crippen molar-refractivity contribution in [2.45, 2.75) is 18.9 Å².